The van der Waals surface area contributed by atoms with Crippen molar-refractivity contribution in [2.45, 2.75) is 32.4 Å². The zero-order chi connectivity index (χ0) is 12.3. The van der Waals surface area contributed by atoms with Crippen LogP contribution in [0.3, 0.4) is 0 Å². The third-order valence-electron chi connectivity index (χ3n) is 3.41. The maximum Gasteiger partial charge on any atom is 0.0670 e. The predicted octanol–water partition coefficient (Wildman–Crippen LogP) is 1.80. The van der Waals surface area contributed by atoms with Crippen LogP contribution in [0.2, 0.25) is 0 Å². The van der Waals surface area contributed by atoms with Gasteiger partial charge in [-0.1, -0.05) is 18.2 Å². The van der Waals surface area contributed by atoms with E-state index in [1.165, 1.54) is 11.3 Å². The molecule has 1 aliphatic heterocycles. The molecule has 0 radical (unpaired) electrons. The van der Waals surface area contributed by atoms with Gasteiger partial charge in [-0.2, -0.15) is 0 Å². The van der Waals surface area contributed by atoms with E-state index in [-0.39, 0.29) is 6.10 Å². The minimum absolute atomic E-state index is 0.156. The summed E-state index contributed by atoms with van der Waals surface area (Å²) in [5, 5.41) is 0. The Morgan fingerprint density at radius 3 is 3.00 bits per heavy atom. The summed E-state index contributed by atoms with van der Waals surface area (Å²) in [5.74, 6) is 0. The van der Waals surface area contributed by atoms with E-state index in [4.69, 9.17) is 10.5 Å². The fourth-order valence-electron chi connectivity index (χ4n) is 2.39. The molecule has 0 amide bonds. The van der Waals surface area contributed by atoms with Crippen LogP contribution in [-0.2, 0) is 11.2 Å². The van der Waals surface area contributed by atoms with Crippen LogP contribution >= 0.6 is 0 Å². The molecule has 2 atom stereocenters. The maximum atomic E-state index is 5.65. The lowest BCUT2D eigenvalue weighted by molar-refractivity contribution is 0.0765. The summed E-state index contributed by atoms with van der Waals surface area (Å²) >= 11 is 0. The third kappa shape index (κ3) is 2.79. The van der Waals surface area contributed by atoms with Crippen LogP contribution in [0.1, 0.15) is 19.4 Å². The van der Waals surface area contributed by atoms with Gasteiger partial charge in [0.25, 0.3) is 0 Å². The van der Waals surface area contributed by atoms with E-state index in [2.05, 4.69) is 36.1 Å². The second kappa shape index (κ2) is 5.52. The van der Waals surface area contributed by atoms with Crippen molar-refractivity contribution in [3.8, 4) is 0 Å². The molecule has 0 saturated heterocycles. The van der Waals surface area contributed by atoms with Gasteiger partial charge in [0.1, 0.15) is 0 Å². The zero-order valence-electron chi connectivity index (χ0n) is 10.7. The van der Waals surface area contributed by atoms with E-state index in [1.54, 1.807) is 0 Å². The summed E-state index contributed by atoms with van der Waals surface area (Å²) < 4.78 is 5.65. The monoisotopic (exact) mass is 234 g/mol. The fourth-order valence-corrected chi connectivity index (χ4v) is 2.39. The molecule has 1 aliphatic rings. The van der Waals surface area contributed by atoms with Crippen molar-refractivity contribution in [3.05, 3.63) is 29.8 Å². The summed E-state index contributed by atoms with van der Waals surface area (Å²) in [6, 6.07) is 9.21. The number of para-hydroxylation sites is 1. The quantitative estimate of drug-likeness (QED) is 0.844. The van der Waals surface area contributed by atoms with E-state index in [0.717, 1.165) is 19.6 Å². The van der Waals surface area contributed by atoms with Crippen molar-refractivity contribution >= 4 is 5.69 Å². The fraction of sp³-hybridized carbons (Fsp3) is 0.571. The number of anilines is 1. The van der Waals surface area contributed by atoms with E-state index in [9.17, 15) is 0 Å². The standard InChI is InChI=1S/C14H22N2O/c1-11-9-13-5-3-4-6-14(13)16(11)7-8-17-12(2)10-15/h3-6,11-12H,7-10,15H2,1-2H3. The van der Waals surface area contributed by atoms with Crippen LogP contribution in [0.5, 0.6) is 0 Å². The molecule has 1 aromatic carbocycles. The molecule has 2 rings (SSSR count). The number of nitrogens with two attached hydrogens (primary N) is 1. The minimum Gasteiger partial charge on any atom is -0.375 e. The van der Waals surface area contributed by atoms with Crippen LogP contribution in [0.15, 0.2) is 24.3 Å². The third-order valence-corrected chi connectivity index (χ3v) is 3.41. The number of hydrogen-bond acceptors (Lipinski definition) is 3. The molecule has 0 aromatic heterocycles. The lowest BCUT2D eigenvalue weighted by atomic mass is 10.1. The van der Waals surface area contributed by atoms with Gasteiger partial charge in [-0.25, -0.2) is 0 Å². The smallest absolute Gasteiger partial charge is 0.0670 e. The van der Waals surface area contributed by atoms with E-state index in [1.807, 2.05) is 6.92 Å². The van der Waals surface area contributed by atoms with Gasteiger partial charge in [-0.3, -0.25) is 0 Å². The molecule has 1 heterocycles. The van der Waals surface area contributed by atoms with Crippen molar-refractivity contribution < 1.29 is 4.74 Å². The Hall–Kier alpha value is -1.06. The zero-order valence-corrected chi connectivity index (χ0v) is 10.7. The molecule has 17 heavy (non-hydrogen) atoms. The molecule has 3 nitrogen and oxygen atoms in total. The van der Waals surface area contributed by atoms with Gasteiger partial charge in [0.05, 0.1) is 12.7 Å². The summed E-state index contributed by atoms with van der Waals surface area (Å²) in [7, 11) is 0. The molecule has 0 fully saturated rings. The largest absolute Gasteiger partial charge is 0.375 e. The van der Waals surface area contributed by atoms with Crippen LogP contribution in [0, 0.1) is 0 Å². The highest BCUT2D eigenvalue weighted by molar-refractivity contribution is 5.59. The highest BCUT2D eigenvalue weighted by Crippen LogP contribution is 2.31. The summed E-state index contributed by atoms with van der Waals surface area (Å²) in [4.78, 5) is 2.43. The van der Waals surface area contributed by atoms with Gasteiger partial charge in [0, 0.05) is 24.8 Å². The van der Waals surface area contributed by atoms with Crippen molar-refractivity contribution in [3.63, 3.8) is 0 Å². The molecule has 3 heteroatoms. The van der Waals surface area contributed by atoms with Gasteiger partial charge >= 0.3 is 0 Å². The first kappa shape index (κ1) is 12.4. The second-order valence-corrected chi connectivity index (χ2v) is 4.79. The Balaban J connectivity index is 1.93. The molecule has 0 spiro atoms. The molecule has 0 bridgehead atoms. The van der Waals surface area contributed by atoms with Crippen LogP contribution in [-0.4, -0.2) is 31.8 Å². The molecule has 2 N–H and O–H groups in total. The summed E-state index contributed by atoms with van der Waals surface area (Å²) in [5.41, 5.74) is 8.35. The molecule has 0 aliphatic carbocycles. The molecule has 94 valence electrons. The lowest BCUT2D eigenvalue weighted by Gasteiger charge is -2.25. The Kier molecular flexibility index (Phi) is 4.02. The van der Waals surface area contributed by atoms with Crippen LogP contribution < -0.4 is 10.6 Å². The SMILES string of the molecule is CC(CN)OCCN1c2ccccc2CC1C. The molecule has 0 saturated carbocycles. The number of hydrogen-bond donors (Lipinski definition) is 1. The first-order valence-electron chi connectivity index (χ1n) is 6.38. The molecular weight excluding hydrogens is 212 g/mol. The van der Waals surface area contributed by atoms with E-state index >= 15 is 0 Å². The van der Waals surface area contributed by atoms with Crippen molar-refractivity contribution in [2.75, 3.05) is 24.6 Å². The summed E-state index contributed by atoms with van der Waals surface area (Å²) in [6.07, 6.45) is 1.30. The molecule has 2 unspecified atom stereocenters. The Morgan fingerprint density at radius 2 is 2.24 bits per heavy atom. The first-order valence-corrected chi connectivity index (χ1v) is 6.38. The van der Waals surface area contributed by atoms with Gasteiger partial charge in [-0.05, 0) is 31.9 Å². The Labute approximate surface area is 104 Å². The summed E-state index contributed by atoms with van der Waals surface area (Å²) in [6.45, 7) is 6.57. The predicted molar refractivity (Wildman–Crippen MR) is 71.4 cm³/mol. The number of nitrogens with zero attached hydrogens (tertiary/aromatic N) is 1. The number of benzene rings is 1. The Bertz CT molecular complexity index is 367. The van der Waals surface area contributed by atoms with Gasteiger partial charge in [0.15, 0.2) is 0 Å². The maximum absolute atomic E-state index is 5.65. The first-order chi connectivity index (χ1) is 8.22. The van der Waals surface area contributed by atoms with Crippen molar-refractivity contribution in [1.82, 2.24) is 0 Å². The van der Waals surface area contributed by atoms with Crippen molar-refractivity contribution in [1.29, 1.82) is 0 Å². The van der Waals surface area contributed by atoms with Crippen LogP contribution in [0.4, 0.5) is 5.69 Å². The number of fused-ring (bicyclic) bond motifs is 1. The number of rotatable bonds is 5. The topological polar surface area (TPSA) is 38.5 Å². The molecular formula is C14H22N2O. The van der Waals surface area contributed by atoms with Crippen LogP contribution in [0.25, 0.3) is 0 Å². The normalized spacial score (nSPS) is 20.4. The van der Waals surface area contributed by atoms with Gasteiger partial charge < -0.3 is 15.4 Å². The van der Waals surface area contributed by atoms with Crippen molar-refractivity contribution in [2.24, 2.45) is 5.73 Å². The average Bonchev–Trinajstić information content (AvgIpc) is 2.66. The van der Waals surface area contributed by atoms with Gasteiger partial charge in [0.2, 0.25) is 0 Å². The van der Waals surface area contributed by atoms with E-state index in [0.29, 0.717) is 12.6 Å². The number of ether oxygens (including phenoxy) is 1. The average molecular weight is 234 g/mol. The second-order valence-electron chi connectivity index (χ2n) is 4.79. The molecule has 1 aromatic rings. The van der Waals surface area contributed by atoms with E-state index < -0.39 is 0 Å². The Morgan fingerprint density at radius 1 is 1.47 bits per heavy atom. The highest BCUT2D eigenvalue weighted by atomic mass is 16.5. The lowest BCUT2D eigenvalue weighted by Crippen LogP contribution is -2.34. The van der Waals surface area contributed by atoms with Gasteiger partial charge in [-0.15, -0.1) is 0 Å². The highest BCUT2D eigenvalue weighted by Gasteiger charge is 2.24. The minimum atomic E-state index is 0.156.